The molecule has 194 valence electrons. The van der Waals surface area contributed by atoms with Gasteiger partial charge in [-0.2, -0.15) is 5.10 Å². The van der Waals surface area contributed by atoms with Gasteiger partial charge in [-0.05, 0) is 64.0 Å². The first-order chi connectivity index (χ1) is 17.4. The topological polar surface area (TPSA) is 61.7 Å². The molecular formula is C29H41N5O2. The van der Waals surface area contributed by atoms with Crippen molar-refractivity contribution in [1.29, 1.82) is 0 Å². The fraction of sp³-hybridized carbons (Fsp3) is 0.621. The van der Waals surface area contributed by atoms with Gasteiger partial charge in [-0.15, -0.1) is 0 Å². The number of nitrogens with zero attached hydrogens (tertiary/aromatic N) is 5. The van der Waals surface area contributed by atoms with Crippen LogP contribution >= 0.6 is 0 Å². The Morgan fingerprint density at radius 3 is 2.36 bits per heavy atom. The highest BCUT2D eigenvalue weighted by Crippen LogP contribution is 2.39. The molecule has 1 spiro atoms. The third kappa shape index (κ3) is 4.47. The van der Waals surface area contributed by atoms with Crippen molar-refractivity contribution < 1.29 is 9.59 Å². The van der Waals surface area contributed by atoms with E-state index in [1.807, 2.05) is 27.8 Å². The number of carbonyl (C=O) groups is 2. The lowest BCUT2D eigenvalue weighted by Gasteiger charge is -2.42. The van der Waals surface area contributed by atoms with Gasteiger partial charge in [-0.1, -0.05) is 44.4 Å². The average molecular weight is 492 g/mol. The van der Waals surface area contributed by atoms with E-state index in [9.17, 15) is 9.59 Å². The fourth-order valence-corrected chi connectivity index (χ4v) is 6.62. The summed E-state index contributed by atoms with van der Waals surface area (Å²) in [6.45, 7) is 10.0. The van der Waals surface area contributed by atoms with Gasteiger partial charge in [0.1, 0.15) is 5.54 Å². The molecule has 3 fully saturated rings. The van der Waals surface area contributed by atoms with E-state index in [2.05, 4.69) is 37.8 Å². The zero-order valence-electron chi connectivity index (χ0n) is 22.2. The number of para-hydroxylation sites is 1. The lowest BCUT2D eigenvalue weighted by Crippen LogP contribution is -2.56. The first-order valence-electron chi connectivity index (χ1n) is 13.9. The van der Waals surface area contributed by atoms with Crippen LogP contribution in [-0.4, -0.2) is 68.1 Å². The van der Waals surface area contributed by atoms with Crippen molar-refractivity contribution in [2.75, 3.05) is 26.2 Å². The Balaban J connectivity index is 1.29. The largest absolute Gasteiger partial charge is 0.327 e. The standard InChI is InChI=1S/C29H41N5O2/c1-4-17-33-28(36)32(20-24-11-7-5-8-12-24)27(35)29(33)15-18-31(19-16-29)21-26-22(2)30-34(23(26)3)25-13-9-6-10-14-25/h6,9-10,13-14,24H,4-5,7-8,11-12,15-21H2,1-3H3. The molecule has 7 heteroatoms. The normalized spacial score (nSPS) is 21.2. The summed E-state index contributed by atoms with van der Waals surface area (Å²) < 4.78 is 2.03. The van der Waals surface area contributed by atoms with Gasteiger partial charge < -0.3 is 4.90 Å². The molecule has 0 radical (unpaired) electrons. The lowest BCUT2D eigenvalue weighted by molar-refractivity contribution is -0.136. The van der Waals surface area contributed by atoms with Crippen molar-refractivity contribution in [3.8, 4) is 5.69 Å². The van der Waals surface area contributed by atoms with Crippen molar-refractivity contribution in [1.82, 2.24) is 24.5 Å². The summed E-state index contributed by atoms with van der Waals surface area (Å²) in [5, 5.41) is 4.82. The lowest BCUT2D eigenvalue weighted by atomic mass is 9.85. The number of piperidine rings is 1. The summed E-state index contributed by atoms with van der Waals surface area (Å²) >= 11 is 0. The van der Waals surface area contributed by atoms with Crippen molar-refractivity contribution in [2.45, 2.75) is 84.2 Å². The van der Waals surface area contributed by atoms with Crippen LogP contribution in [0.1, 0.15) is 75.2 Å². The second-order valence-electron chi connectivity index (χ2n) is 11.1. The first kappa shape index (κ1) is 25.0. The van der Waals surface area contributed by atoms with Crippen LogP contribution in [0.25, 0.3) is 5.69 Å². The number of aromatic nitrogens is 2. The summed E-state index contributed by atoms with van der Waals surface area (Å²) in [5.41, 5.74) is 3.89. The number of likely N-dealkylation sites (tertiary alicyclic amines) is 1. The number of amides is 3. The van der Waals surface area contributed by atoms with Crippen LogP contribution in [0.2, 0.25) is 0 Å². The number of aryl methyl sites for hydroxylation is 1. The minimum Gasteiger partial charge on any atom is -0.309 e. The van der Waals surface area contributed by atoms with Crippen LogP contribution in [0.5, 0.6) is 0 Å². The molecule has 1 aromatic carbocycles. The molecule has 3 amide bonds. The highest BCUT2D eigenvalue weighted by atomic mass is 16.2. The first-order valence-corrected chi connectivity index (χ1v) is 13.9. The SMILES string of the molecule is CCCN1C(=O)N(CC2CCCCC2)C(=O)C12CCN(Cc1c(C)nn(-c3ccccc3)c1C)CC2. The van der Waals surface area contributed by atoms with E-state index in [0.29, 0.717) is 31.8 Å². The smallest absolute Gasteiger partial charge is 0.309 e. The molecule has 1 aliphatic carbocycles. The quantitative estimate of drug-likeness (QED) is 0.507. The highest BCUT2D eigenvalue weighted by Gasteiger charge is 2.57. The minimum absolute atomic E-state index is 0.0447. The predicted molar refractivity (Wildman–Crippen MR) is 141 cm³/mol. The van der Waals surface area contributed by atoms with Crippen LogP contribution in [0, 0.1) is 19.8 Å². The summed E-state index contributed by atoms with van der Waals surface area (Å²) in [6, 6.07) is 10.2. The molecule has 0 atom stereocenters. The highest BCUT2D eigenvalue weighted by molar-refractivity contribution is 6.07. The van der Waals surface area contributed by atoms with Crippen LogP contribution in [0.15, 0.2) is 30.3 Å². The van der Waals surface area contributed by atoms with Gasteiger partial charge in [0.2, 0.25) is 0 Å². The zero-order valence-corrected chi connectivity index (χ0v) is 22.2. The second kappa shape index (κ2) is 10.4. The van der Waals surface area contributed by atoms with Crippen LogP contribution < -0.4 is 0 Å². The number of imide groups is 1. The molecule has 0 N–H and O–H groups in total. The maximum Gasteiger partial charge on any atom is 0.327 e. The van der Waals surface area contributed by atoms with E-state index in [0.717, 1.165) is 56.0 Å². The molecule has 0 unspecified atom stereocenters. The van der Waals surface area contributed by atoms with Crippen molar-refractivity contribution in [2.24, 2.45) is 5.92 Å². The molecule has 1 saturated carbocycles. The molecule has 2 aromatic rings. The van der Waals surface area contributed by atoms with Gasteiger partial charge in [0.05, 0.1) is 11.4 Å². The number of benzene rings is 1. The predicted octanol–water partition coefficient (Wildman–Crippen LogP) is 5.08. The molecule has 1 aromatic heterocycles. The molecule has 3 aliphatic rings. The number of urea groups is 1. The number of rotatable bonds is 7. The fourth-order valence-electron chi connectivity index (χ4n) is 6.62. The maximum atomic E-state index is 13.8. The Morgan fingerprint density at radius 1 is 1.00 bits per heavy atom. The van der Waals surface area contributed by atoms with Gasteiger partial charge in [-0.25, -0.2) is 9.48 Å². The third-order valence-electron chi connectivity index (χ3n) is 8.74. The van der Waals surface area contributed by atoms with E-state index >= 15 is 0 Å². The molecule has 7 nitrogen and oxygen atoms in total. The van der Waals surface area contributed by atoms with Crippen LogP contribution in [-0.2, 0) is 11.3 Å². The Hall–Kier alpha value is -2.67. The Morgan fingerprint density at radius 2 is 1.69 bits per heavy atom. The number of carbonyl (C=O) groups excluding carboxylic acids is 2. The van der Waals surface area contributed by atoms with Crippen molar-refractivity contribution in [3.63, 3.8) is 0 Å². The van der Waals surface area contributed by atoms with E-state index in [1.54, 1.807) is 4.90 Å². The van der Waals surface area contributed by atoms with Crippen LogP contribution in [0.4, 0.5) is 4.79 Å². The Kier molecular flexibility index (Phi) is 7.20. The van der Waals surface area contributed by atoms with Gasteiger partial charge in [0.15, 0.2) is 0 Å². The minimum atomic E-state index is -0.656. The van der Waals surface area contributed by atoms with E-state index < -0.39 is 5.54 Å². The zero-order chi connectivity index (χ0) is 25.3. The molecule has 36 heavy (non-hydrogen) atoms. The van der Waals surface area contributed by atoms with Crippen molar-refractivity contribution >= 4 is 11.9 Å². The molecular weight excluding hydrogens is 450 g/mol. The molecule has 3 heterocycles. The summed E-state index contributed by atoms with van der Waals surface area (Å²) in [5.74, 6) is 0.535. The summed E-state index contributed by atoms with van der Waals surface area (Å²) in [6.07, 6.45) is 8.30. The van der Waals surface area contributed by atoms with Crippen molar-refractivity contribution in [3.05, 3.63) is 47.3 Å². The van der Waals surface area contributed by atoms with Gasteiger partial charge in [-0.3, -0.25) is 14.6 Å². The monoisotopic (exact) mass is 491 g/mol. The Labute approximate surface area is 215 Å². The van der Waals surface area contributed by atoms with Crippen LogP contribution in [0.3, 0.4) is 0 Å². The van der Waals surface area contributed by atoms with E-state index in [-0.39, 0.29) is 11.9 Å². The summed E-state index contributed by atoms with van der Waals surface area (Å²) in [4.78, 5) is 33.3. The third-order valence-corrected chi connectivity index (χ3v) is 8.74. The average Bonchev–Trinajstić information content (AvgIpc) is 3.28. The van der Waals surface area contributed by atoms with Gasteiger partial charge in [0.25, 0.3) is 5.91 Å². The molecule has 5 rings (SSSR count). The second-order valence-corrected chi connectivity index (χ2v) is 11.1. The molecule has 2 saturated heterocycles. The Bertz CT molecular complexity index is 1080. The van der Waals surface area contributed by atoms with E-state index in [4.69, 9.17) is 5.10 Å². The molecule has 0 bridgehead atoms. The maximum absolute atomic E-state index is 13.8. The van der Waals surface area contributed by atoms with E-state index in [1.165, 1.54) is 24.8 Å². The van der Waals surface area contributed by atoms with Gasteiger partial charge in [0, 0.05) is 44.0 Å². The number of hydrogen-bond donors (Lipinski definition) is 0. The number of hydrogen-bond acceptors (Lipinski definition) is 4. The van der Waals surface area contributed by atoms with Gasteiger partial charge >= 0.3 is 6.03 Å². The molecule has 2 aliphatic heterocycles. The summed E-state index contributed by atoms with van der Waals surface area (Å²) in [7, 11) is 0.